The highest BCUT2D eigenvalue weighted by Crippen LogP contribution is 2.33. The van der Waals surface area contributed by atoms with Crippen molar-refractivity contribution in [2.45, 2.75) is 13.3 Å². The highest BCUT2D eigenvalue weighted by Gasteiger charge is 2.16. The predicted octanol–water partition coefficient (Wildman–Crippen LogP) is 3.97. The van der Waals surface area contributed by atoms with Crippen LogP contribution in [0.2, 0.25) is 0 Å². The number of fused-ring (bicyclic) bond motifs is 1. The van der Waals surface area contributed by atoms with Crippen molar-refractivity contribution < 1.29 is 9.47 Å². The minimum atomic E-state index is 0.510. The van der Waals surface area contributed by atoms with Crippen molar-refractivity contribution in [3.05, 3.63) is 71.5 Å². The van der Waals surface area contributed by atoms with Crippen LogP contribution in [0.3, 0.4) is 0 Å². The van der Waals surface area contributed by atoms with Gasteiger partial charge in [-0.3, -0.25) is 0 Å². The van der Waals surface area contributed by atoms with Crippen molar-refractivity contribution in [2.24, 2.45) is 0 Å². The van der Waals surface area contributed by atoms with E-state index in [1.807, 2.05) is 30.3 Å². The van der Waals surface area contributed by atoms with Crippen LogP contribution in [0.5, 0.6) is 11.5 Å². The van der Waals surface area contributed by atoms with E-state index in [2.05, 4.69) is 31.2 Å². The van der Waals surface area contributed by atoms with E-state index in [9.17, 15) is 0 Å². The molecule has 0 bridgehead atoms. The smallest absolute Gasteiger partial charge is 0.169 e. The molecule has 0 saturated heterocycles. The van der Waals surface area contributed by atoms with E-state index in [1.54, 1.807) is 0 Å². The Hall–Kier alpha value is -2.22. The van der Waals surface area contributed by atoms with Crippen LogP contribution in [-0.2, 0) is 6.42 Å². The summed E-state index contributed by atoms with van der Waals surface area (Å²) in [5.41, 5.74) is 2.50. The third-order valence-electron chi connectivity index (χ3n) is 3.23. The highest BCUT2D eigenvalue weighted by atomic mass is 16.6. The molecule has 0 aromatic heterocycles. The van der Waals surface area contributed by atoms with Crippen LogP contribution < -0.4 is 9.47 Å². The van der Waals surface area contributed by atoms with Gasteiger partial charge in [0, 0.05) is 0 Å². The first-order chi connectivity index (χ1) is 9.33. The number of para-hydroxylation sites is 2. The number of benzene rings is 2. The summed E-state index contributed by atoms with van der Waals surface area (Å²) in [4.78, 5) is 0. The Labute approximate surface area is 113 Å². The zero-order valence-corrected chi connectivity index (χ0v) is 10.9. The number of rotatable bonds is 2. The predicted molar refractivity (Wildman–Crippen MR) is 75.4 cm³/mol. The van der Waals surface area contributed by atoms with Gasteiger partial charge in [-0.2, -0.15) is 0 Å². The van der Waals surface area contributed by atoms with Gasteiger partial charge in [0.25, 0.3) is 0 Å². The molecule has 0 atom stereocenters. The van der Waals surface area contributed by atoms with Gasteiger partial charge in [0.1, 0.15) is 12.4 Å². The van der Waals surface area contributed by atoms with Crippen molar-refractivity contribution in [2.75, 3.05) is 6.61 Å². The van der Waals surface area contributed by atoms with Gasteiger partial charge in [-0.15, -0.1) is 0 Å². The van der Waals surface area contributed by atoms with Gasteiger partial charge in [0.2, 0.25) is 0 Å². The molecule has 2 aromatic carbocycles. The van der Waals surface area contributed by atoms with Crippen LogP contribution in [0.15, 0.2) is 65.9 Å². The second kappa shape index (κ2) is 5.19. The first kappa shape index (κ1) is 11.8. The maximum atomic E-state index is 5.92. The topological polar surface area (TPSA) is 18.5 Å². The lowest BCUT2D eigenvalue weighted by Gasteiger charge is -2.22. The van der Waals surface area contributed by atoms with E-state index in [1.165, 1.54) is 11.1 Å². The molecule has 0 N–H and O–H groups in total. The molecule has 0 amide bonds. The fourth-order valence-corrected chi connectivity index (χ4v) is 2.17. The molecule has 1 heterocycles. The first-order valence-corrected chi connectivity index (χ1v) is 6.45. The average Bonchev–Trinajstić information content (AvgIpc) is 2.48. The van der Waals surface area contributed by atoms with Crippen molar-refractivity contribution >= 4 is 0 Å². The molecule has 0 spiro atoms. The van der Waals surface area contributed by atoms with E-state index in [4.69, 9.17) is 9.47 Å². The van der Waals surface area contributed by atoms with Gasteiger partial charge in [-0.1, -0.05) is 42.5 Å². The summed E-state index contributed by atoms with van der Waals surface area (Å²) in [5, 5.41) is 0. The normalized spacial score (nSPS) is 16.1. The lowest BCUT2D eigenvalue weighted by Crippen LogP contribution is -2.16. The minimum Gasteiger partial charge on any atom is -0.482 e. The Bertz CT molecular complexity index is 600. The minimum absolute atomic E-state index is 0.510. The summed E-state index contributed by atoms with van der Waals surface area (Å²) < 4.78 is 11.6. The molecule has 0 radical (unpaired) electrons. The Balaban J connectivity index is 1.81. The fourth-order valence-electron chi connectivity index (χ4n) is 2.17. The molecule has 0 saturated carbocycles. The second-order valence-corrected chi connectivity index (χ2v) is 4.70. The van der Waals surface area contributed by atoms with Gasteiger partial charge < -0.3 is 9.47 Å². The quantitative estimate of drug-likeness (QED) is 0.805. The zero-order valence-electron chi connectivity index (χ0n) is 10.9. The third kappa shape index (κ3) is 2.63. The van der Waals surface area contributed by atoms with Gasteiger partial charge in [0.15, 0.2) is 11.5 Å². The van der Waals surface area contributed by atoms with Crippen molar-refractivity contribution in [3.63, 3.8) is 0 Å². The number of ether oxygens (including phenoxy) is 2. The zero-order chi connectivity index (χ0) is 13.1. The lowest BCUT2D eigenvalue weighted by atomic mass is 10.1. The summed E-state index contributed by atoms with van der Waals surface area (Å²) >= 11 is 0. The van der Waals surface area contributed by atoms with Crippen molar-refractivity contribution in [1.82, 2.24) is 0 Å². The number of hydrogen-bond donors (Lipinski definition) is 0. The summed E-state index contributed by atoms with van der Waals surface area (Å²) in [6.07, 6.45) is 0.891. The van der Waals surface area contributed by atoms with Gasteiger partial charge >= 0.3 is 0 Å². The van der Waals surface area contributed by atoms with E-state index in [0.717, 1.165) is 23.7 Å². The molecule has 0 aliphatic carbocycles. The molecule has 0 unspecified atom stereocenters. The van der Waals surface area contributed by atoms with E-state index in [-0.39, 0.29) is 0 Å². The monoisotopic (exact) mass is 252 g/mol. The average molecular weight is 252 g/mol. The number of hydrogen-bond acceptors (Lipinski definition) is 2. The first-order valence-electron chi connectivity index (χ1n) is 6.45. The molecule has 1 aliphatic rings. The van der Waals surface area contributed by atoms with E-state index >= 15 is 0 Å². The van der Waals surface area contributed by atoms with Crippen LogP contribution in [0.25, 0.3) is 0 Å². The van der Waals surface area contributed by atoms with E-state index < -0.39 is 0 Å². The van der Waals surface area contributed by atoms with Gasteiger partial charge in [0.05, 0.1) is 0 Å². The molecule has 1 aliphatic heterocycles. The Morgan fingerprint density at radius 1 is 0.947 bits per heavy atom. The second-order valence-electron chi connectivity index (χ2n) is 4.70. The molecule has 2 nitrogen and oxygen atoms in total. The van der Waals surface area contributed by atoms with Crippen LogP contribution in [0, 0.1) is 0 Å². The molecule has 0 fully saturated rings. The van der Waals surface area contributed by atoms with Gasteiger partial charge in [-0.05, 0) is 36.6 Å². The molecular weight excluding hydrogens is 236 g/mol. The van der Waals surface area contributed by atoms with Crippen LogP contribution in [0.1, 0.15) is 12.5 Å². The molecule has 96 valence electrons. The highest BCUT2D eigenvalue weighted by molar-refractivity contribution is 5.43. The largest absolute Gasteiger partial charge is 0.482 e. The van der Waals surface area contributed by atoms with Crippen LogP contribution in [-0.4, -0.2) is 6.61 Å². The van der Waals surface area contributed by atoms with Gasteiger partial charge in [-0.25, -0.2) is 0 Å². The Morgan fingerprint density at radius 2 is 1.63 bits per heavy atom. The lowest BCUT2D eigenvalue weighted by molar-refractivity contribution is 0.228. The molecule has 2 aromatic rings. The molecule has 19 heavy (non-hydrogen) atoms. The third-order valence-corrected chi connectivity index (χ3v) is 3.23. The van der Waals surface area contributed by atoms with Crippen LogP contribution >= 0.6 is 0 Å². The molecule has 2 heteroatoms. The molecule has 3 rings (SSSR count). The number of allylic oxidation sites excluding steroid dienone is 1. The summed E-state index contributed by atoms with van der Waals surface area (Å²) in [5.74, 6) is 2.54. The standard InChI is InChI=1S/C17H16O2/c1-13(11-14-7-3-2-4-8-14)17-12-18-15-9-5-6-10-16(15)19-17/h2-10H,11-12H2,1H3/b17-13-. The molecular formula is C17H16O2. The van der Waals surface area contributed by atoms with Crippen LogP contribution in [0.4, 0.5) is 0 Å². The fraction of sp³-hybridized carbons (Fsp3) is 0.176. The summed E-state index contributed by atoms with van der Waals surface area (Å²) in [7, 11) is 0. The summed E-state index contributed by atoms with van der Waals surface area (Å²) in [6.45, 7) is 2.61. The maximum absolute atomic E-state index is 5.92. The Morgan fingerprint density at radius 3 is 2.42 bits per heavy atom. The van der Waals surface area contributed by atoms with E-state index in [0.29, 0.717) is 6.61 Å². The summed E-state index contributed by atoms with van der Waals surface area (Å²) in [6, 6.07) is 18.2. The van der Waals surface area contributed by atoms with Crippen molar-refractivity contribution in [1.29, 1.82) is 0 Å². The van der Waals surface area contributed by atoms with Crippen molar-refractivity contribution in [3.8, 4) is 11.5 Å². The maximum Gasteiger partial charge on any atom is 0.169 e. The Kier molecular flexibility index (Phi) is 3.23. The SMILES string of the molecule is C/C(Cc1ccccc1)=C1\COc2ccccc2O1.